The van der Waals surface area contributed by atoms with Crippen molar-refractivity contribution in [3.63, 3.8) is 0 Å². The molecule has 80 valence electrons. The number of nitrogens with one attached hydrogen (secondary N) is 1. The highest BCUT2D eigenvalue weighted by molar-refractivity contribution is 7.99. The fourth-order valence-electron chi connectivity index (χ4n) is 1.59. The summed E-state index contributed by atoms with van der Waals surface area (Å²) in [5, 5.41) is 12.3. The highest BCUT2D eigenvalue weighted by Crippen LogP contribution is 2.39. The summed E-state index contributed by atoms with van der Waals surface area (Å²) in [7, 11) is 0. The molecule has 4 heteroatoms. The zero-order chi connectivity index (χ0) is 11.1. The Kier molecular flexibility index (Phi) is 2.38. The molecule has 0 aliphatic carbocycles. The SMILES string of the molecule is CC1(C)CSc2cccc(C(=O)O)c2N1. The fourth-order valence-corrected chi connectivity index (χ4v) is 2.66. The summed E-state index contributed by atoms with van der Waals surface area (Å²) in [6.45, 7) is 4.14. The Hall–Kier alpha value is -1.16. The molecule has 0 amide bonds. The topological polar surface area (TPSA) is 49.3 Å². The minimum absolute atomic E-state index is 0.0524. The molecule has 0 spiro atoms. The van der Waals surface area contributed by atoms with E-state index in [9.17, 15) is 4.79 Å². The number of aromatic carboxylic acids is 1. The lowest BCUT2D eigenvalue weighted by Crippen LogP contribution is -2.37. The molecule has 1 aliphatic heterocycles. The number of rotatable bonds is 1. The third-order valence-corrected chi connectivity index (χ3v) is 3.83. The molecule has 0 bridgehead atoms. The van der Waals surface area contributed by atoms with Crippen LogP contribution in [0, 0.1) is 0 Å². The van der Waals surface area contributed by atoms with Crippen molar-refractivity contribution in [3.05, 3.63) is 23.8 Å². The first-order chi connectivity index (χ1) is 6.99. The summed E-state index contributed by atoms with van der Waals surface area (Å²) in [5.74, 6) is 0.0703. The lowest BCUT2D eigenvalue weighted by Gasteiger charge is -2.33. The number of thioether (sulfide) groups is 1. The first-order valence-corrected chi connectivity index (χ1v) is 5.75. The Labute approximate surface area is 92.9 Å². The molecular formula is C11H13NO2S. The largest absolute Gasteiger partial charge is 0.478 e. The predicted octanol–water partition coefficient (Wildman–Crippen LogP) is 2.68. The molecular weight excluding hydrogens is 210 g/mol. The monoisotopic (exact) mass is 223 g/mol. The highest BCUT2D eigenvalue weighted by Gasteiger charge is 2.27. The quantitative estimate of drug-likeness (QED) is 0.768. The van der Waals surface area contributed by atoms with Crippen LogP contribution in [0.25, 0.3) is 0 Å². The van der Waals surface area contributed by atoms with Crippen molar-refractivity contribution in [2.24, 2.45) is 0 Å². The van der Waals surface area contributed by atoms with Gasteiger partial charge in [-0.25, -0.2) is 4.79 Å². The van der Waals surface area contributed by atoms with Crippen LogP contribution in [0.15, 0.2) is 23.1 Å². The van der Waals surface area contributed by atoms with Crippen molar-refractivity contribution in [2.45, 2.75) is 24.3 Å². The van der Waals surface area contributed by atoms with Gasteiger partial charge < -0.3 is 10.4 Å². The van der Waals surface area contributed by atoms with E-state index in [1.54, 1.807) is 23.9 Å². The number of benzene rings is 1. The number of para-hydroxylation sites is 1. The maximum atomic E-state index is 11.0. The zero-order valence-corrected chi connectivity index (χ0v) is 9.52. The fraction of sp³-hybridized carbons (Fsp3) is 0.364. The number of hydrogen-bond donors (Lipinski definition) is 2. The lowest BCUT2D eigenvalue weighted by molar-refractivity contribution is 0.0697. The van der Waals surface area contributed by atoms with Crippen molar-refractivity contribution < 1.29 is 9.90 Å². The summed E-state index contributed by atoms with van der Waals surface area (Å²) in [4.78, 5) is 12.1. The van der Waals surface area contributed by atoms with Gasteiger partial charge in [-0.2, -0.15) is 0 Å². The maximum Gasteiger partial charge on any atom is 0.337 e. The van der Waals surface area contributed by atoms with Crippen LogP contribution < -0.4 is 5.32 Å². The Morgan fingerprint density at radius 1 is 1.53 bits per heavy atom. The molecule has 2 rings (SSSR count). The van der Waals surface area contributed by atoms with Crippen molar-refractivity contribution in [1.82, 2.24) is 0 Å². The molecule has 0 saturated carbocycles. The average molecular weight is 223 g/mol. The van der Waals surface area contributed by atoms with Crippen LogP contribution >= 0.6 is 11.8 Å². The first-order valence-electron chi connectivity index (χ1n) is 4.77. The Morgan fingerprint density at radius 3 is 2.93 bits per heavy atom. The number of hydrogen-bond acceptors (Lipinski definition) is 3. The van der Waals surface area contributed by atoms with E-state index in [0.717, 1.165) is 16.3 Å². The predicted molar refractivity (Wildman–Crippen MR) is 61.8 cm³/mol. The van der Waals surface area contributed by atoms with Crippen LogP contribution in [0.5, 0.6) is 0 Å². The third kappa shape index (κ3) is 1.95. The maximum absolute atomic E-state index is 11.0. The number of anilines is 1. The van der Waals surface area contributed by atoms with E-state index in [1.807, 2.05) is 6.07 Å². The second-order valence-corrected chi connectivity index (χ2v) is 5.30. The standard InChI is InChI=1S/C11H13NO2S/c1-11(2)6-15-8-5-3-4-7(10(13)14)9(8)12-11/h3-5,12H,6H2,1-2H3,(H,13,14). The molecule has 0 unspecified atom stereocenters. The Balaban J connectivity index is 2.50. The van der Waals surface area contributed by atoms with Crippen LogP contribution in [0.2, 0.25) is 0 Å². The molecule has 0 atom stereocenters. The Morgan fingerprint density at radius 2 is 2.27 bits per heavy atom. The molecule has 1 aromatic carbocycles. The molecule has 1 aliphatic rings. The minimum Gasteiger partial charge on any atom is -0.478 e. The van der Waals surface area contributed by atoms with E-state index in [4.69, 9.17) is 5.11 Å². The van der Waals surface area contributed by atoms with Gasteiger partial charge in [0.25, 0.3) is 0 Å². The summed E-state index contributed by atoms with van der Waals surface area (Å²) in [6.07, 6.45) is 0. The van der Waals surface area contributed by atoms with Crippen molar-refractivity contribution in [1.29, 1.82) is 0 Å². The third-order valence-electron chi connectivity index (χ3n) is 2.31. The van der Waals surface area contributed by atoms with Crippen molar-refractivity contribution >= 4 is 23.4 Å². The normalized spacial score (nSPS) is 17.7. The second-order valence-electron chi connectivity index (χ2n) is 4.28. The van der Waals surface area contributed by atoms with Crippen molar-refractivity contribution in [2.75, 3.05) is 11.1 Å². The lowest BCUT2D eigenvalue weighted by atomic mass is 10.1. The number of carboxylic acid groups (broad SMARTS) is 1. The van der Waals surface area contributed by atoms with Gasteiger partial charge in [0, 0.05) is 16.2 Å². The number of fused-ring (bicyclic) bond motifs is 1. The van der Waals surface area contributed by atoms with Gasteiger partial charge in [-0.1, -0.05) is 6.07 Å². The number of carbonyl (C=O) groups is 1. The van der Waals surface area contributed by atoms with E-state index in [1.165, 1.54) is 0 Å². The van der Waals surface area contributed by atoms with E-state index in [2.05, 4.69) is 19.2 Å². The zero-order valence-electron chi connectivity index (χ0n) is 8.70. The van der Waals surface area contributed by atoms with Crippen LogP contribution in [-0.4, -0.2) is 22.4 Å². The first kappa shape index (κ1) is 10.4. The van der Waals surface area contributed by atoms with Gasteiger partial charge in [-0.3, -0.25) is 0 Å². The molecule has 1 aromatic rings. The van der Waals surface area contributed by atoms with Gasteiger partial charge in [-0.15, -0.1) is 11.8 Å². The summed E-state index contributed by atoms with van der Waals surface area (Å²) >= 11 is 1.70. The van der Waals surface area contributed by atoms with E-state index < -0.39 is 5.97 Å². The van der Waals surface area contributed by atoms with Gasteiger partial charge in [0.2, 0.25) is 0 Å². The molecule has 2 N–H and O–H groups in total. The van der Waals surface area contributed by atoms with Crippen LogP contribution in [0.4, 0.5) is 5.69 Å². The smallest absolute Gasteiger partial charge is 0.337 e. The Bertz CT molecular complexity index is 415. The summed E-state index contributed by atoms with van der Waals surface area (Å²) in [6, 6.07) is 5.38. The van der Waals surface area contributed by atoms with Gasteiger partial charge in [0.1, 0.15) is 0 Å². The van der Waals surface area contributed by atoms with E-state index in [0.29, 0.717) is 5.56 Å². The molecule has 0 aromatic heterocycles. The minimum atomic E-state index is -0.877. The second kappa shape index (κ2) is 3.45. The van der Waals surface area contributed by atoms with E-state index in [-0.39, 0.29) is 5.54 Å². The molecule has 3 nitrogen and oxygen atoms in total. The molecule has 1 heterocycles. The summed E-state index contributed by atoms with van der Waals surface area (Å²) in [5.41, 5.74) is 1.06. The summed E-state index contributed by atoms with van der Waals surface area (Å²) < 4.78 is 0. The highest BCUT2D eigenvalue weighted by atomic mass is 32.2. The van der Waals surface area contributed by atoms with E-state index >= 15 is 0 Å². The van der Waals surface area contributed by atoms with Crippen molar-refractivity contribution in [3.8, 4) is 0 Å². The van der Waals surface area contributed by atoms with Gasteiger partial charge in [0.05, 0.1) is 11.3 Å². The van der Waals surface area contributed by atoms with Crippen LogP contribution in [0.3, 0.4) is 0 Å². The molecule has 15 heavy (non-hydrogen) atoms. The van der Waals surface area contributed by atoms with Crippen LogP contribution in [0.1, 0.15) is 24.2 Å². The average Bonchev–Trinajstić information content (AvgIpc) is 2.15. The molecule has 0 saturated heterocycles. The number of carboxylic acids is 1. The molecule has 0 radical (unpaired) electrons. The molecule has 0 fully saturated rings. The van der Waals surface area contributed by atoms with Crippen LogP contribution in [-0.2, 0) is 0 Å². The van der Waals surface area contributed by atoms with Gasteiger partial charge in [-0.05, 0) is 26.0 Å². The van der Waals surface area contributed by atoms with Gasteiger partial charge in [0.15, 0.2) is 0 Å². The van der Waals surface area contributed by atoms with Gasteiger partial charge >= 0.3 is 5.97 Å².